The predicted molar refractivity (Wildman–Crippen MR) is 50.9 cm³/mol. The van der Waals surface area contributed by atoms with Crippen LogP contribution in [0, 0.1) is 6.92 Å². The summed E-state index contributed by atoms with van der Waals surface area (Å²) in [6, 6.07) is 1.40. The van der Waals surface area contributed by atoms with E-state index in [0.717, 1.165) is 5.82 Å². The van der Waals surface area contributed by atoms with E-state index in [1.54, 1.807) is 17.0 Å². The molecule has 0 bridgehead atoms. The molecular formula is C9H8N4O2. The van der Waals surface area contributed by atoms with Crippen molar-refractivity contribution in [2.45, 2.75) is 6.92 Å². The van der Waals surface area contributed by atoms with Gasteiger partial charge in [0.1, 0.15) is 18.0 Å². The number of aryl methyl sites for hydroxylation is 1. The fraction of sp³-hybridized carbons (Fsp3) is 0.111. The van der Waals surface area contributed by atoms with Gasteiger partial charge in [-0.25, -0.2) is 19.7 Å². The fourth-order valence-corrected chi connectivity index (χ4v) is 1.22. The minimum atomic E-state index is -1.07. The molecule has 0 saturated heterocycles. The Labute approximate surface area is 85.3 Å². The molecule has 2 heterocycles. The van der Waals surface area contributed by atoms with Crippen molar-refractivity contribution in [3.63, 3.8) is 0 Å². The Balaban J connectivity index is 2.50. The van der Waals surface area contributed by atoms with Crippen molar-refractivity contribution < 1.29 is 9.90 Å². The summed E-state index contributed by atoms with van der Waals surface area (Å²) < 4.78 is 1.69. The zero-order valence-electron chi connectivity index (χ0n) is 7.95. The second kappa shape index (κ2) is 3.49. The van der Waals surface area contributed by atoms with Crippen LogP contribution in [-0.2, 0) is 0 Å². The van der Waals surface area contributed by atoms with Gasteiger partial charge in [-0.1, -0.05) is 0 Å². The number of nitrogens with zero attached hydrogens (tertiary/aromatic N) is 4. The van der Waals surface area contributed by atoms with Crippen LogP contribution in [0.4, 0.5) is 0 Å². The number of carboxylic acids is 1. The lowest BCUT2D eigenvalue weighted by atomic mass is 10.4. The van der Waals surface area contributed by atoms with Gasteiger partial charge in [0.25, 0.3) is 0 Å². The molecule has 0 spiro atoms. The molecule has 15 heavy (non-hydrogen) atoms. The molecule has 76 valence electrons. The van der Waals surface area contributed by atoms with Crippen LogP contribution in [0.3, 0.4) is 0 Å². The molecule has 0 amide bonds. The van der Waals surface area contributed by atoms with Crippen LogP contribution in [0.25, 0.3) is 5.82 Å². The van der Waals surface area contributed by atoms with Crippen LogP contribution in [0.2, 0.25) is 0 Å². The van der Waals surface area contributed by atoms with Crippen LogP contribution >= 0.6 is 0 Å². The molecule has 0 aliphatic heterocycles. The second-order valence-electron chi connectivity index (χ2n) is 2.91. The molecule has 0 unspecified atom stereocenters. The Hall–Kier alpha value is -2.24. The molecule has 0 saturated carbocycles. The largest absolute Gasteiger partial charge is 0.477 e. The van der Waals surface area contributed by atoms with Crippen LogP contribution in [0.1, 0.15) is 16.3 Å². The Bertz CT molecular complexity index is 506. The van der Waals surface area contributed by atoms with Crippen molar-refractivity contribution in [1.29, 1.82) is 0 Å². The normalized spacial score (nSPS) is 10.2. The van der Waals surface area contributed by atoms with E-state index < -0.39 is 5.97 Å². The third kappa shape index (κ3) is 1.69. The van der Waals surface area contributed by atoms with Crippen LogP contribution in [-0.4, -0.2) is 30.6 Å². The summed E-state index contributed by atoms with van der Waals surface area (Å²) in [5.74, 6) is 0.166. The second-order valence-corrected chi connectivity index (χ2v) is 2.91. The first-order chi connectivity index (χ1) is 7.18. The number of aromatic carboxylic acids is 1. The summed E-state index contributed by atoms with van der Waals surface area (Å²) in [5.41, 5.74) is -0.0342. The van der Waals surface area contributed by atoms with Crippen molar-refractivity contribution in [3.8, 4) is 5.82 Å². The zero-order chi connectivity index (χ0) is 10.8. The van der Waals surface area contributed by atoms with E-state index in [2.05, 4.69) is 15.0 Å². The Kier molecular flexibility index (Phi) is 2.17. The first-order valence-electron chi connectivity index (χ1n) is 4.24. The van der Waals surface area contributed by atoms with Gasteiger partial charge in [0, 0.05) is 18.5 Å². The minimum Gasteiger partial charge on any atom is -0.477 e. The molecule has 0 fully saturated rings. The predicted octanol–water partition coefficient (Wildman–Crippen LogP) is 0.669. The SMILES string of the molecule is Cc1nccn1-c1cc(C(=O)O)ncn1. The maximum Gasteiger partial charge on any atom is 0.354 e. The summed E-state index contributed by atoms with van der Waals surface area (Å²) >= 11 is 0. The van der Waals surface area contributed by atoms with E-state index in [0.29, 0.717) is 5.82 Å². The molecule has 2 rings (SSSR count). The lowest BCUT2D eigenvalue weighted by molar-refractivity contribution is 0.0690. The molecule has 0 atom stereocenters. The average Bonchev–Trinajstić information content (AvgIpc) is 2.64. The molecule has 0 aromatic carbocycles. The zero-order valence-corrected chi connectivity index (χ0v) is 7.95. The van der Waals surface area contributed by atoms with Gasteiger partial charge in [-0.15, -0.1) is 0 Å². The van der Waals surface area contributed by atoms with Crippen LogP contribution in [0.15, 0.2) is 24.8 Å². The van der Waals surface area contributed by atoms with Crippen molar-refractivity contribution in [3.05, 3.63) is 36.3 Å². The number of imidazole rings is 1. The van der Waals surface area contributed by atoms with Gasteiger partial charge in [-0.3, -0.25) is 4.57 Å². The molecule has 2 aromatic heterocycles. The number of carbonyl (C=O) groups is 1. The molecule has 0 aliphatic rings. The van der Waals surface area contributed by atoms with Gasteiger partial charge in [-0.05, 0) is 6.92 Å². The third-order valence-corrected chi connectivity index (χ3v) is 1.94. The highest BCUT2D eigenvalue weighted by molar-refractivity contribution is 5.85. The molecule has 1 N–H and O–H groups in total. The summed E-state index contributed by atoms with van der Waals surface area (Å²) in [6.45, 7) is 1.81. The summed E-state index contributed by atoms with van der Waals surface area (Å²) in [4.78, 5) is 22.3. The lowest BCUT2D eigenvalue weighted by Gasteiger charge is -2.03. The van der Waals surface area contributed by atoms with Crippen molar-refractivity contribution >= 4 is 5.97 Å². The fourth-order valence-electron chi connectivity index (χ4n) is 1.22. The summed E-state index contributed by atoms with van der Waals surface area (Å²) in [6.07, 6.45) is 4.55. The number of rotatable bonds is 2. The Morgan fingerprint density at radius 3 is 2.80 bits per heavy atom. The van der Waals surface area contributed by atoms with Gasteiger partial charge in [0.15, 0.2) is 5.69 Å². The third-order valence-electron chi connectivity index (χ3n) is 1.94. The topological polar surface area (TPSA) is 80.9 Å². The molecule has 0 aliphatic carbocycles. The maximum absolute atomic E-state index is 10.7. The van der Waals surface area contributed by atoms with E-state index >= 15 is 0 Å². The van der Waals surface area contributed by atoms with Gasteiger partial charge in [0.05, 0.1) is 0 Å². The standard InChI is InChI=1S/C9H8N4O2/c1-6-10-2-3-13(6)8-4-7(9(14)15)11-5-12-8/h2-5H,1H3,(H,14,15). The first-order valence-corrected chi connectivity index (χ1v) is 4.24. The van der Waals surface area contributed by atoms with Crippen molar-refractivity contribution in [2.24, 2.45) is 0 Å². The number of hydrogen-bond acceptors (Lipinski definition) is 4. The van der Waals surface area contributed by atoms with E-state index in [9.17, 15) is 4.79 Å². The first kappa shape index (κ1) is 9.32. The number of aromatic nitrogens is 4. The maximum atomic E-state index is 10.7. The molecular weight excluding hydrogens is 196 g/mol. The van der Waals surface area contributed by atoms with E-state index in [1.807, 2.05) is 6.92 Å². The van der Waals surface area contributed by atoms with Crippen LogP contribution < -0.4 is 0 Å². The number of hydrogen-bond donors (Lipinski definition) is 1. The quantitative estimate of drug-likeness (QED) is 0.777. The minimum absolute atomic E-state index is 0.0342. The summed E-state index contributed by atoms with van der Waals surface area (Å²) in [7, 11) is 0. The monoisotopic (exact) mass is 204 g/mol. The van der Waals surface area contributed by atoms with Gasteiger partial charge in [0.2, 0.25) is 0 Å². The lowest BCUT2D eigenvalue weighted by Crippen LogP contribution is -2.05. The van der Waals surface area contributed by atoms with Crippen molar-refractivity contribution in [1.82, 2.24) is 19.5 Å². The van der Waals surface area contributed by atoms with E-state index in [1.165, 1.54) is 12.4 Å². The molecule has 6 heteroatoms. The molecule has 6 nitrogen and oxygen atoms in total. The van der Waals surface area contributed by atoms with E-state index in [-0.39, 0.29) is 5.69 Å². The highest BCUT2D eigenvalue weighted by Crippen LogP contribution is 2.07. The molecule has 2 aromatic rings. The van der Waals surface area contributed by atoms with Crippen LogP contribution in [0.5, 0.6) is 0 Å². The van der Waals surface area contributed by atoms with Gasteiger partial charge in [-0.2, -0.15) is 0 Å². The number of carboxylic acid groups (broad SMARTS) is 1. The Morgan fingerprint density at radius 2 is 2.20 bits per heavy atom. The summed E-state index contributed by atoms with van der Waals surface area (Å²) in [5, 5.41) is 8.76. The highest BCUT2D eigenvalue weighted by atomic mass is 16.4. The van der Waals surface area contributed by atoms with Gasteiger partial charge < -0.3 is 5.11 Å². The molecule has 0 radical (unpaired) electrons. The Morgan fingerprint density at radius 1 is 1.40 bits per heavy atom. The van der Waals surface area contributed by atoms with Gasteiger partial charge >= 0.3 is 5.97 Å². The van der Waals surface area contributed by atoms with E-state index in [4.69, 9.17) is 5.11 Å². The average molecular weight is 204 g/mol. The van der Waals surface area contributed by atoms with Crippen molar-refractivity contribution in [2.75, 3.05) is 0 Å². The smallest absolute Gasteiger partial charge is 0.354 e. The highest BCUT2D eigenvalue weighted by Gasteiger charge is 2.08.